The van der Waals surface area contributed by atoms with Crippen LogP contribution in [0.25, 0.3) is 0 Å². The van der Waals surface area contributed by atoms with Crippen molar-refractivity contribution >= 4 is 28.6 Å². The molecule has 0 aliphatic rings. The van der Waals surface area contributed by atoms with E-state index in [1.165, 1.54) is 12.1 Å². The Morgan fingerprint density at radius 2 is 1.62 bits per heavy atom. The Labute approximate surface area is 128 Å². The van der Waals surface area contributed by atoms with Gasteiger partial charge in [-0.05, 0) is 44.0 Å². The second-order valence-electron chi connectivity index (χ2n) is 5.05. The number of nitrogens with one attached hydrogen (secondary N) is 1. The molecule has 0 radical (unpaired) electrons. The van der Waals surface area contributed by atoms with E-state index in [0.29, 0.717) is 0 Å². The van der Waals surface area contributed by atoms with Crippen molar-refractivity contribution < 1.29 is 8.78 Å². The minimum atomic E-state index is -1.03. The Hall–Kier alpha value is -2.01. The molecule has 0 atom stereocenters. The average Bonchev–Trinajstić information content (AvgIpc) is 2.38. The third-order valence-electron chi connectivity index (χ3n) is 3.28. The second kappa shape index (κ2) is 5.77. The van der Waals surface area contributed by atoms with E-state index in [0.717, 1.165) is 22.4 Å². The minimum absolute atomic E-state index is 0.0579. The topological polar surface area (TPSA) is 38.0 Å². The predicted octanol–water partition coefficient (Wildman–Crippen LogP) is 4.27. The molecule has 0 bridgehead atoms. The Bertz CT molecular complexity index is 703. The van der Waals surface area contributed by atoms with E-state index in [2.05, 4.69) is 17.5 Å². The molecule has 5 heteroatoms. The maximum atomic E-state index is 14.1. The number of halogens is 2. The maximum Gasteiger partial charge on any atom is 0.182 e. The maximum absolute atomic E-state index is 14.1. The van der Waals surface area contributed by atoms with Crippen LogP contribution in [0.2, 0.25) is 0 Å². The number of rotatable bonds is 3. The smallest absolute Gasteiger partial charge is 0.182 e. The first-order valence-corrected chi connectivity index (χ1v) is 6.84. The average molecular weight is 306 g/mol. The fourth-order valence-corrected chi connectivity index (χ4v) is 2.51. The molecule has 2 aromatic carbocycles. The van der Waals surface area contributed by atoms with Gasteiger partial charge in [0, 0.05) is 11.3 Å². The van der Waals surface area contributed by atoms with Crippen LogP contribution in [0.1, 0.15) is 22.3 Å². The molecule has 3 N–H and O–H groups in total. The van der Waals surface area contributed by atoms with Crippen molar-refractivity contribution in [3.8, 4) is 0 Å². The van der Waals surface area contributed by atoms with E-state index in [1.54, 1.807) is 0 Å². The molecule has 2 rings (SSSR count). The number of nitrogens with two attached hydrogens (primary N) is 1. The lowest BCUT2D eigenvalue weighted by atomic mass is 10.0. The van der Waals surface area contributed by atoms with Gasteiger partial charge in [0.05, 0.1) is 5.69 Å². The van der Waals surface area contributed by atoms with E-state index in [4.69, 9.17) is 5.73 Å². The van der Waals surface area contributed by atoms with E-state index in [1.807, 2.05) is 32.9 Å². The van der Waals surface area contributed by atoms with Gasteiger partial charge >= 0.3 is 0 Å². The molecule has 0 aliphatic heterocycles. The normalized spacial score (nSPS) is 10.5. The van der Waals surface area contributed by atoms with E-state index in [-0.39, 0.29) is 16.2 Å². The molecule has 0 aliphatic carbocycles. The molecule has 0 spiro atoms. The first-order valence-electron chi connectivity index (χ1n) is 6.44. The molecule has 21 heavy (non-hydrogen) atoms. The molecule has 2 nitrogen and oxygen atoms in total. The molecule has 0 saturated heterocycles. The van der Waals surface area contributed by atoms with Crippen molar-refractivity contribution in [1.82, 2.24) is 0 Å². The van der Waals surface area contributed by atoms with E-state index in [9.17, 15) is 8.78 Å². The van der Waals surface area contributed by atoms with Gasteiger partial charge in [0.25, 0.3) is 0 Å². The third kappa shape index (κ3) is 3.03. The van der Waals surface area contributed by atoms with Gasteiger partial charge in [-0.2, -0.15) is 0 Å². The molecular formula is C16H16F2N2S. The standard InChI is InChI=1S/C16H16F2N2S/c1-8-6-9(2)15(10(3)7-8)20-12-5-4-11(16(19)21)13(17)14(12)18/h4-7,20H,1-3H3,(H2,19,21). The van der Waals surface area contributed by atoms with Crippen molar-refractivity contribution in [3.05, 3.63) is 58.2 Å². The molecule has 0 saturated carbocycles. The molecular weight excluding hydrogens is 290 g/mol. The van der Waals surface area contributed by atoms with Gasteiger partial charge in [0.1, 0.15) is 4.99 Å². The largest absolute Gasteiger partial charge is 0.389 e. The minimum Gasteiger partial charge on any atom is -0.389 e. The third-order valence-corrected chi connectivity index (χ3v) is 3.50. The fourth-order valence-electron chi connectivity index (χ4n) is 2.35. The first-order chi connectivity index (χ1) is 9.81. The highest BCUT2D eigenvalue weighted by molar-refractivity contribution is 7.80. The van der Waals surface area contributed by atoms with E-state index >= 15 is 0 Å². The molecule has 110 valence electrons. The van der Waals surface area contributed by atoms with Gasteiger partial charge in [-0.3, -0.25) is 0 Å². The Morgan fingerprint density at radius 1 is 1.05 bits per heavy atom. The van der Waals surface area contributed by atoms with Gasteiger partial charge in [-0.1, -0.05) is 29.9 Å². The highest BCUT2D eigenvalue weighted by Crippen LogP contribution is 2.29. The van der Waals surface area contributed by atoms with Crippen molar-refractivity contribution in [2.75, 3.05) is 5.32 Å². The lowest BCUT2D eigenvalue weighted by Crippen LogP contribution is -2.13. The number of anilines is 2. The van der Waals surface area contributed by atoms with Gasteiger partial charge in [-0.15, -0.1) is 0 Å². The van der Waals surface area contributed by atoms with Gasteiger partial charge in [0.15, 0.2) is 11.6 Å². The number of hydrogen-bond acceptors (Lipinski definition) is 2. The molecule has 0 fully saturated rings. The number of hydrogen-bond donors (Lipinski definition) is 2. The summed E-state index contributed by atoms with van der Waals surface area (Å²) in [5, 5.41) is 2.94. The highest BCUT2D eigenvalue weighted by atomic mass is 32.1. The van der Waals surface area contributed by atoms with E-state index < -0.39 is 11.6 Å². The predicted molar refractivity (Wildman–Crippen MR) is 86.2 cm³/mol. The first kappa shape index (κ1) is 15.4. The summed E-state index contributed by atoms with van der Waals surface area (Å²) in [6.45, 7) is 5.82. The number of thiocarbonyl (C=S) groups is 1. The summed E-state index contributed by atoms with van der Waals surface area (Å²) in [6.07, 6.45) is 0. The van der Waals surface area contributed by atoms with Crippen LogP contribution in [0.4, 0.5) is 20.2 Å². The number of benzene rings is 2. The highest BCUT2D eigenvalue weighted by Gasteiger charge is 2.16. The molecule has 0 heterocycles. The Balaban J connectivity index is 2.46. The Kier molecular flexibility index (Phi) is 4.23. The van der Waals surface area contributed by atoms with Crippen LogP contribution in [0.15, 0.2) is 24.3 Å². The van der Waals surface area contributed by atoms with Crippen molar-refractivity contribution in [1.29, 1.82) is 0 Å². The SMILES string of the molecule is Cc1cc(C)c(Nc2ccc(C(N)=S)c(F)c2F)c(C)c1. The van der Waals surface area contributed by atoms with Crippen molar-refractivity contribution in [3.63, 3.8) is 0 Å². The summed E-state index contributed by atoms with van der Waals surface area (Å²) in [7, 11) is 0. The van der Waals surface area contributed by atoms with Crippen molar-refractivity contribution in [2.24, 2.45) is 5.73 Å². The lowest BCUT2D eigenvalue weighted by molar-refractivity contribution is 0.510. The molecule has 2 aromatic rings. The Morgan fingerprint density at radius 3 is 2.14 bits per heavy atom. The van der Waals surface area contributed by atoms with Gasteiger partial charge in [0.2, 0.25) is 0 Å². The zero-order valence-corrected chi connectivity index (χ0v) is 12.9. The fraction of sp³-hybridized carbons (Fsp3) is 0.188. The summed E-state index contributed by atoms with van der Waals surface area (Å²) >= 11 is 4.69. The summed E-state index contributed by atoms with van der Waals surface area (Å²) < 4.78 is 28.0. The van der Waals surface area contributed by atoms with Gasteiger partial charge in [-0.25, -0.2) is 8.78 Å². The summed E-state index contributed by atoms with van der Waals surface area (Å²) in [5.41, 5.74) is 9.13. The van der Waals surface area contributed by atoms with Crippen LogP contribution in [0.5, 0.6) is 0 Å². The lowest BCUT2D eigenvalue weighted by Gasteiger charge is -2.15. The number of aryl methyl sites for hydroxylation is 3. The van der Waals surface area contributed by atoms with Gasteiger partial charge < -0.3 is 11.1 Å². The zero-order valence-electron chi connectivity index (χ0n) is 12.1. The van der Waals surface area contributed by atoms with Crippen LogP contribution >= 0.6 is 12.2 Å². The van der Waals surface area contributed by atoms with Crippen LogP contribution in [0, 0.1) is 32.4 Å². The molecule has 0 aromatic heterocycles. The van der Waals surface area contributed by atoms with Crippen molar-refractivity contribution in [2.45, 2.75) is 20.8 Å². The quantitative estimate of drug-likeness (QED) is 0.832. The second-order valence-corrected chi connectivity index (χ2v) is 5.49. The monoisotopic (exact) mass is 306 g/mol. The van der Waals surface area contributed by atoms with Crippen LogP contribution in [-0.4, -0.2) is 4.99 Å². The zero-order chi connectivity index (χ0) is 15.7. The molecule has 0 amide bonds. The summed E-state index contributed by atoms with van der Waals surface area (Å²) in [6, 6.07) is 6.77. The summed E-state index contributed by atoms with van der Waals surface area (Å²) in [4.78, 5) is -0.166. The van der Waals surface area contributed by atoms with Crippen LogP contribution in [-0.2, 0) is 0 Å². The molecule has 0 unspecified atom stereocenters. The summed E-state index contributed by atoms with van der Waals surface area (Å²) in [5.74, 6) is -2.02. The van der Waals surface area contributed by atoms with Crippen LogP contribution < -0.4 is 11.1 Å². The van der Waals surface area contributed by atoms with Crippen LogP contribution in [0.3, 0.4) is 0 Å².